The van der Waals surface area contributed by atoms with Gasteiger partial charge in [0.2, 0.25) is 0 Å². The van der Waals surface area contributed by atoms with Crippen molar-refractivity contribution >= 4 is 101 Å². The van der Waals surface area contributed by atoms with E-state index >= 15 is 0 Å². The van der Waals surface area contributed by atoms with E-state index in [4.69, 9.17) is 11.6 Å². The molecule has 0 radical (unpaired) electrons. The summed E-state index contributed by atoms with van der Waals surface area (Å²) in [5.74, 6) is -0.0862. The van der Waals surface area contributed by atoms with Crippen molar-refractivity contribution in [1.82, 2.24) is 9.80 Å². The summed E-state index contributed by atoms with van der Waals surface area (Å²) in [5.41, 5.74) is 4.71. The zero-order valence-electron chi connectivity index (χ0n) is 37.2. The number of ketones is 1. The van der Waals surface area contributed by atoms with Crippen LogP contribution in [0.4, 0.5) is 5.69 Å². The molecule has 9 aromatic rings. The van der Waals surface area contributed by atoms with E-state index in [9.17, 15) is 14.4 Å². The normalized spacial score (nSPS) is 14.4. The van der Waals surface area contributed by atoms with Gasteiger partial charge < -0.3 is 21.9 Å². The van der Waals surface area contributed by atoms with E-state index in [1.807, 2.05) is 12.1 Å². The Morgan fingerprint density at radius 2 is 1.01 bits per heavy atom. The molecule has 0 aliphatic carbocycles. The fourth-order valence-electron chi connectivity index (χ4n) is 10.9. The van der Waals surface area contributed by atoms with E-state index < -0.39 is 7.26 Å². The number of Topliss-reactive ketones (excluding diaryl/α,β-unsaturated/α-hetero) is 1. The summed E-state index contributed by atoms with van der Waals surface area (Å²) < 4.78 is 0. The summed E-state index contributed by atoms with van der Waals surface area (Å²) in [7, 11) is -2.08. The molecule has 334 valence electrons. The van der Waals surface area contributed by atoms with Gasteiger partial charge in [-0.3, -0.25) is 24.2 Å². The van der Waals surface area contributed by atoms with E-state index in [0.29, 0.717) is 35.2 Å². The van der Waals surface area contributed by atoms with Crippen LogP contribution in [0.2, 0.25) is 0 Å². The van der Waals surface area contributed by atoms with Crippen molar-refractivity contribution in [1.29, 1.82) is 0 Å². The summed E-state index contributed by atoms with van der Waals surface area (Å²) in [5, 5.41) is 12.2. The Labute approximate surface area is 407 Å². The molecule has 0 N–H and O–H groups in total. The maximum atomic E-state index is 14.4. The first-order valence-electron chi connectivity index (χ1n) is 23.1. The van der Waals surface area contributed by atoms with Gasteiger partial charge >= 0.3 is 0 Å². The molecule has 0 aromatic heterocycles. The molecular formula is C58H50BrClN3O3P. The number of nitrogens with zero attached hydrogens (tertiary/aromatic N) is 3. The number of anilines is 1. The largest absolute Gasteiger partial charge is 1.00 e. The minimum atomic E-state index is -2.08. The van der Waals surface area contributed by atoms with Gasteiger partial charge in [0.1, 0.15) is 29.0 Å². The van der Waals surface area contributed by atoms with Crippen molar-refractivity contribution in [2.45, 2.75) is 31.7 Å². The van der Waals surface area contributed by atoms with Crippen LogP contribution in [0, 0.1) is 0 Å². The molecule has 2 amide bonds. The van der Waals surface area contributed by atoms with Crippen LogP contribution in [-0.4, -0.2) is 66.3 Å². The number of halogens is 2. The minimum absolute atomic E-state index is 0. The monoisotopic (exact) mass is 981 g/mol. The number of hydrogen-bond acceptors (Lipinski definition) is 5. The third-order valence-corrected chi connectivity index (χ3v) is 19.0. The molecule has 2 aliphatic rings. The van der Waals surface area contributed by atoms with E-state index in [2.05, 4.69) is 168 Å². The third-order valence-electron chi connectivity index (χ3n) is 14.2. The molecule has 0 atom stereocenters. The van der Waals surface area contributed by atoms with Gasteiger partial charge in [0.15, 0.2) is 0 Å². The predicted molar refractivity (Wildman–Crippen MR) is 275 cm³/mol. The van der Waals surface area contributed by atoms with Gasteiger partial charge in [0.25, 0.3) is 11.8 Å². The number of benzene rings is 9. The summed E-state index contributed by atoms with van der Waals surface area (Å²) in [6, 6.07) is 59.6. The highest BCUT2D eigenvalue weighted by Gasteiger charge is 2.45. The van der Waals surface area contributed by atoms with Gasteiger partial charge in [-0.05, 0) is 104 Å². The van der Waals surface area contributed by atoms with Crippen molar-refractivity contribution in [2.24, 2.45) is 0 Å². The second-order valence-electron chi connectivity index (χ2n) is 17.8. The highest BCUT2D eigenvalue weighted by Crippen LogP contribution is 2.56. The lowest BCUT2D eigenvalue weighted by molar-refractivity contribution is -0.119. The smallest absolute Gasteiger partial charge is 0.261 e. The number of carbonyl (C=O) groups excluding carboxylic acids is 3. The van der Waals surface area contributed by atoms with Crippen LogP contribution >= 0.6 is 18.9 Å². The molecule has 2 heterocycles. The molecule has 1 fully saturated rings. The number of rotatable bonds is 14. The molecule has 0 saturated carbocycles. The van der Waals surface area contributed by atoms with Crippen molar-refractivity contribution in [2.75, 3.05) is 43.8 Å². The maximum Gasteiger partial charge on any atom is 0.261 e. The number of hydrogen-bond donors (Lipinski definition) is 0. The summed E-state index contributed by atoms with van der Waals surface area (Å²) in [6.45, 7) is 4.79. The minimum Gasteiger partial charge on any atom is -1.00 e. The Bertz CT molecular complexity index is 3100. The molecular weight excluding hydrogens is 933 g/mol. The van der Waals surface area contributed by atoms with E-state index in [-0.39, 0.29) is 47.5 Å². The summed E-state index contributed by atoms with van der Waals surface area (Å²) in [4.78, 5) is 48.8. The molecule has 1 saturated heterocycles. The molecule has 6 nitrogen and oxygen atoms in total. The van der Waals surface area contributed by atoms with Crippen LogP contribution in [0.15, 0.2) is 170 Å². The molecule has 11 rings (SSSR count). The SMILES string of the molecule is O=C(CCC[P+](c1ccccc1)(c1ccccc1)c1ccccc1)CCN1C(=O)c2ccc3c4cccc5c(N6CCN(Cc7ccc(CCl)cc7)CC6)ccc(c6ccc(c2c36)C1=O)c54.[Br-]. The first kappa shape index (κ1) is 44.9. The van der Waals surface area contributed by atoms with E-state index in [1.165, 1.54) is 42.8 Å². The van der Waals surface area contributed by atoms with E-state index in [0.717, 1.165) is 71.4 Å². The van der Waals surface area contributed by atoms with Crippen LogP contribution in [-0.2, 0) is 17.2 Å². The Morgan fingerprint density at radius 3 is 1.58 bits per heavy atom. The first-order valence-corrected chi connectivity index (χ1v) is 25.6. The van der Waals surface area contributed by atoms with Crippen LogP contribution in [0.1, 0.15) is 51.1 Å². The number of imide groups is 1. The number of fused-ring (bicyclic) bond motifs is 2. The van der Waals surface area contributed by atoms with Crippen molar-refractivity contribution in [3.63, 3.8) is 0 Å². The standard InChI is InChI=1S/C58H50ClN3O3P.BrH/c59-38-40-21-23-41(24-22-40)39-60-33-35-61(36-34-60)53-30-29-47-49-26-28-52-56-51(27-25-48(55(49)56)46-19-10-20-50(53)54(46)47)57(64)62(58(52)65)32-31-42(63)12-11-37-66(43-13-4-1-5-14-43,44-15-6-2-7-16-44)45-17-8-3-9-18-45;/h1-10,13-30H,11-12,31-39H2;1H/q+1;/p-1. The maximum absolute atomic E-state index is 14.4. The summed E-state index contributed by atoms with van der Waals surface area (Å²) in [6.07, 6.45) is 2.02. The summed E-state index contributed by atoms with van der Waals surface area (Å²) >= 11 is 6.02. The number of piperazine rings is 1. The average molecular weight is 983 g/mol. The average Bonchev–Trinajstić information content (AvgIpc) is 3.37. The lowest BCUT2D eigenvalue weighted by Gasteiger charge is -2.37. The Morgan fingerprint density at radius 1 is 0.507 bits per heavy atom. The van der Waals surface area contributed by atoms with Gasteiger partial charge in [-0.1, -0.05) is 115 Å². The second kappa shape index (κ2) is 19.0. The van der Waals surface area contributed by atoms with E-state index in [1.54, 1.807) is 0 Å². The molecule has 0 unspecified atom stereocenters. The zero-order chi connectivity index (χ0) is 44.8. The van der Waals surface area contributed by atoms with Gasteiger partial charge in [-0.2, -0.15) is 0 Å². The topological polar surface area (TPSA) is 60.9 Å². The molecule has 2 aliphatic heterocycles. The second-order valence-corrected chi connectivity index (χ2v) is 21.7. The van der Waals surface area contributed by atoms with Crippen LogP contribution < -0.4 is 37.8 Å². The predicted octanol–water partition coefficient (Wildman–Crippen LogP) is 8.13. The first-order chi connectivity index (χ1) is 32.4. The Kier molecular flexibility index (Phi) is 12.7. The van der Waals surface area contributed by atoms with Gasteiger partial charge in [0.05, 0.1) is 6.16 Å². The van der Waals surface area contributed by atoms with Crippen molar-refractivity contribution < 1.29 is 31.4 Å². The lowest BCUT2D eigenvalue weighted by Crippen LogP contribution is -3.00. The molecule has 0 bridgehead atoms. The van der Waals surface area contributed by atoms with Crippen molar-refractivity contribution in [3.05, 3.63) is 192 Å². The number of carbonyl (C=O) groups is 3. The molecule has 9 aromatic carbocycles. The van der Waals surface area contributed by atoms with Gasteiger partial charge in [-0.25, -0.2) is 0 Å². The lowest BCUT2D eigenvalue weighted by atomic mass is 9.84. The van der Waals surface area contributed by atoms with Gasteiger partial charge in [-0.15, -0.1) is 11.6 Å². The van der Waals surface area contributed by atoms with Crippen LogP contribution in [0.3, 0.4) is 0 Å². The van der Waals surface area contributed by atoms with Gasteiger partial charge in [0, 0.05) is 85.6 Å². The van der Waals surface area contributed by atoms with Crippen molar-refractivity contribution in [3.8, 4) is 0 Å². The van der Waals surface area contributed by atoms with Crippen LogP contribution in [0.5, 0.6) is 0 Å². The quantitative estimate of drug-likeness (QED) is 0.0363. The fourth-order valence-corrected chi connectivity index (χ4v) is 15.4. The zero-order valence-corrected chi connectivity index (χ0v) is 40.4. The number of alkyl halides is 1. The van der Waals surface area contributed by atoms with Crippen LogP contribution in [0.25, 0.3) is 43.1 Å². The molecule has 0 spiro atoms. The Hall–Kier alpha value is -5.95. The molecule has 67 heavy (non-hydrogen) atoms. The number of amides is 2. The third kappa shape index (κ3) is 8.00. The fraction of sp³-hybridized carbons (Fsp3) is 0.190. The Balaban J connectivity index is 0.00000525. The molecule has 9 heteroatoms. The highest BCUT2D eigenvalue weighted by atomic mass is 79.9. The highest BCUT2D eigenvalue weighted by molar-refractivity contribution is 7.95.